The van der Waals surface area contributed by atoms with E-state index in [0.29, 0.717) is 35.0 Å². The summed E-state index contributed by atoms with van der Waals surface area (Å²) in [5.41, 5.74) is 2.20. The van der Waals surface area contributed by atoms with Crippen molar-refractivity contribution in [2.75, 3.05) is 11.1 Å². The molecule has 0 radical (unpaired) electrons. The van der Waals surface area contributed by atoms with Crippen LogP contribution in [-0.2, 0) is 4.79 Å². The summed E-state index contributed by atoms with van der Waals surface area (Å²) in [6.07, 6.45) is 3.25. The number of H-pyrrole nitrogens is 1. The largest absolute Gasteiger partial charge is 0.508 e. The number of unbranched alkanes of at least 4 members (excludes halogenated alkanes) is 1. The van der Waals surface area contributed by atoms with Gasteiger partial charge in [-0.3, -0.25) is 9.59 Å². The first-order chi connectivity index (χ1) is 14.3. The molecule has 1 aliphatic heterocycles. The van der Waals surface area contributed by atoms with Gasteiger partial charge in [0.25, 0.3) is 5.56 Å². The summed E-state index contributed by atoms with van der Waals surface area (Å²) in [5, 5.41) is 14.0. The van der Waals surface area contributed by atoms with E-state index in [1.165, 1.54) is 11.8 Å². The van der Waals surface area contributed by atoms with E-state index in [1.54, 1.807) is 18.2 Å². The number of ketones is 1. The number of carbonyl (C=O) groups excluding carboxylic acids is 1. The Hall–Kier alpha value is -2.54. The molecule has 2 aliphatic rings. The standard InChI is InChI=1S/C23H27N3O3S/c1-4-5-9-30-22-25-20-19(21(29)26-22)17(13-7-6-8-14(27)10-13)18-15(24-20)11-23(2,3)12-16(18)28/h6-8,10,17,27H,4-5,9,11-12H2,1-3H3,(H2,24,25,26,29). The van der Waals surface area contributed by atoms with Crippen LogP contribution in [0.1, 0.15) is 63.5 Å². The molecule has 0 saturated carbocycles. The SMILES string of the molecule is CCCCSc1nc2c(c(=O)[nH]1)C(c1cccc(O)c1)C1=C(CC(C)(C)CC1=O)N2. The number of aromatic nitrogens is 2. The average Bonchev–Trinajstić information content (AvgIpc) is 2.65. The molecular formula is C23H27N3O3S. The Labute approximate surface area is 180 Å². The Morgan fingerprint density at radius 1 is 1.27 bits per heavy atom. The molecule has 4 rings (SSSR count). The second kappa shape index (κ2) is 7.95. The Kier molecular flexibility index (Phi) is 5.49. The molecule has 30 heavy (non-hydrogen) atoms. The number of benzene rings is 1. The molecule has 3 N–H and O–H groups in total. The minimum atomic E-state index is -0.544. The van der Waals surface area contributed by atoms with Crippen molar-refractivity contribution in [3.8, 4) is 5.75 Å². The Morgan fingerprint density at radius 3 is 2.80 bits per heavy atom. The van der Waals surface area contributed by atoms with Gasteiger partial charge in [-0.05, 0) is 36.0 Å². The highest BCUT2D eigenvalue weighted by Gasteiger charge is 2.42. The maximum absolute atomic E-state index is 13.2. The van der Waals surface area contributed by atoms with Gasteiger partial charge in [0.2, 0.25) is 0 Å². The number of rotatable bonds is 5. The third kappa shape index (κ3) is 3.90. The number of hydrogen-bond acceptors (Lipinski definition) is 6. The fraction of sp³-hybridized carbons (Fsp3) is 0.435. The molecule has 0 saturated heterocycles. The highest BCUT2D eigenvalue weighted by atomic mass is 32.2. The van der Waals surface area contributed by atoms with E-state index in [4.69, 9.17) is 4.98 Å². The summed E-state index contributed by atoms with van der Waals surface area (Å²) >= 11 is 1.53. The van der Waals surface area contributed by atoms with Crippen LogP contribution in [0.3, 0.4) is 0 Å². The van der Waals surface area contributed by atoms with Gasteiger partial charge < -0.3 is 15.4 Å². The Balaban J connectivity index is 1.87. The first kappa shape index (κ1) is 20.7. The molecular weight excluding hydrogens is 398 g/mol. The highest BCUT2D eigenvalue weighted by molar-refractivity contribution is 7.99. The van der Waals surface area contributed by atoms with Crippen LogP contribution in [0.5, 0.6) is 5.75 Å². The quantitative estimate of drug-likeness (QED) is 0.369. The zero-order valence-electron chi connectivity index (χ0n) is 17.5. The van der Waals surface area contributed by atoms with Crippen LogP contribution in [0.2, 0.25) is 0 Å². The normalized spacial score (nSPS) is 19.8. The van der Waals surface area contributed by atoms with E-state index in [9.17, 15) is 14.7 Å². The monoisotopic (exact) mass is 425 g/mol. The van der Waals surface area contributed by atoms with Gasteiger partial charge in [0, 0.05) is 29.4 Å². The minimum Gasteiger partial charge on any atom is -0.508 e. The van der Waals surface area contributed by atoms with E-state index >= 15 is 0 Å². The second-order valence-electron chi connectivity index (χ2n) is 8.82. The molecule has 1 atom stereocenters. The van der Waals surface area contributed by atoms with Crippen molar-refractivity contribution in [1.82, 2.24) is 9.97 Å². The minimum absolute atomic E-state index is 0.0357. The van der Waals surface area contributed by atoms with Gasteiger partial charge in [-0.15, -0.1) is 0 Å². The lowest BCUT2D eigenvalue weighted by Gasteiger charge is -2.38. The van der Waals surface area contributed by atoms with Crippen molar-refractivity contribution in [3.05, 3.63) is 57.0 Å². The van der Waals surface area contributed by atoms with Crippen LogP contribution in [0.4, 0.5) is 5.82 Å². The van der Waals surface area contributed by atoms with Gasteiger partial charge in [-0.1, -0.05) is 51.1 Å². The average molecular weight is 426 g/mol. The van der Waals surface area contributed by atoms with Gasteiger partial charge in [-0.25, -0.2) is 4.98 Å². The number of Topliss-reactive ketones (excluding diaryl/α,β-unsaturated/α-hetero) is 1. The number of phenolic OH excluding ortho intramolecular Hbond substituents is 1. The molecule has 0 amide bonds. The van der Waals surface area contributed by atoms with Gasteiger partial charge in [0.1, 0.15) is 11.6 Å². The fourth-order valence-electron chi connectivity index (χ4n) is 4.31. The topological polar surface area (TPSA) is 95.1 Å². The van der Waals surface area contributed by atoms with Crippen LogP contribution < -0.4 is 10.9 Å². The summed E-state index contributed by atoms with van der Waals surface area (Å²) in [6.45, 7) is 6.28. The molecule has 0 fully saturated rings. The molecule has 1 unspecified atom stereocenters. The van der Waals surface area contributed by atoms with E-state index in [0.717, 1.165) is 29.9 Å². The van der Waals surface area contributed by atoms with Crippen LogP contribution in [-0.4, -0.2) is 26.6 Å². The third-order valence-corrected chi connectivity index (χ3v) is 6.60. The summed E-state index contributed by atoms with van der Waals surface area (Å²) in [4.78, 5) is 33.9. The first-order valence-electron chi connectivity index (χ1n) is 10.4. The molecule has 2 heterocycles. The predicted molar refractivity (Wildman–Crippen MR) is 119 cm³/mol. The Morgan fingerprint density at radius 2 is 2.07 bits per heavy atom. The molecule has 158 valence electrons. The summed E-state index contributed by atoms with van der Waals surface area (Å²) in [7, 11) is 0. The first-order valence-corrected chi connectivity index (χ1v) is 11.4. The van der Waals surface area contributed by atoms with Gasteiger partial charge >= 0.3 is 0 Å². The zero-order chi connectivity index (χ0) is 21.5. The van der Waals surface area contributed by atoms with Crippen molar-refractivity contribution in [2.24, 2.45) is 5.41 Å². The molecule has 0 bridgehead atoms. The van der Waals surface area contributed by atoms with Crippen molar-refractivity contribution in [1.29, 1.82) is 0 Å². The van der Waals surface area contributed by atoms with Crippen LogP contribution in [0, 0.1) is 5.41 Å². The molecule has 6 nitrogen and oxygen atoms in total. The Bertz CT molecular complexity index is 1090. The smallest absolute Gasteiger partial charge is 0.257 e. The molecule has 1 aromatic carbocycles. The zero-order valence-corrected chi connectivity index (χ0v) is 18.4. The number of anilines is 1. The molecule has 7 heteroatoms. The van der Waals surface area contributed by atoms with E-state index in [2.05, 4.69) is 31.1 Å². The van der Waals surface area contributed by atoms with E-state index < -0.39 is 5.92 Å². The van der Waals surface area contributed by atoms with Crippen LogP contribution >= 0.6 is 11.8 Å². The van der Waals surface area contributed by atoms with Crippen molar-refractivity contribution < 1.29 is 9.90 Å². The second-order valence-corrected chi connectivity index (χ2v) is 9.91. The van der Waals surface area contributed by atoms with Crippen molar-refractivity contribution >= 4 is 23.4 Å². The summed E-state index contributed by atoms with van der Waals surface area (Å²) < 4.78 is 0. The number of aromatic hydroxyl groups is 1. The number of carbonyl (C=O) groups is 1. The summed E-state index contributed by atoms with van der Waals surface area (Å²) in [6, 6.07) is 6.80. The van der Waals surface area contributed by atoms with Crippen molar-refractivity contribution in [3.63, 3.8) is 0 Å². The summed E-state index contributed by atoms with van der Waals surface area (Å²) in [5.74, 6) is 0.990. The highest BCUT2D eigenvalue weighted by Crippen LogP contribution is 2.47. The van der Waals surface area contributed by atoms with Crippen LogP contribution in [0.25, 0.3) is 0 Å². The number of allylic oxidation sites excluding steroid dienone is 2. The number of hydrogen-bond donors (Lipinski definition) is 3. The van der Waals surface area contributed by atoms with Crippen LogP contribution in [0.15, 0.2) is 45.5 Å². The predicted octanol–water partition coefficient (Wildman–Crippen LogP) is 4.57. The van der Waals surface area contributed by atoms with E-state index in [-0.39, 0.29) is 22.5 Å². The maximum Gasteiger partial charge on any atom is 0.257 e. The lowest BCUT2D eigenvalue weighted by atomic mass is 9.69. The number of fused-ring (bicyclic) bond motifs is 1. The lowest BCUT2D eigenvalue weighted by molar-refractivity contribution is -0.118. The number of nitrogens with zero attached hydrogens (tertiary/aromatic N) is 1. The maximum atomic E-state index is 13.2. The number of aromatic amines is 1. The lowest BCUT2D eigenvalue weighted by Crippen LogP contribution is -2.37. The third-order valence-electron chi connectivity index (χ3n) is 5.64. The molecule has 0 spiro atoms. The molecule has 1 aromatic heterocycles. The number of thioether (sulfide) groups is 1. The van der Waals surface area contributed by atoms with Crippen molar-refractivity contribution in [2.45, 2.75) is 57.5 Å². The number of phenols is 1. The molecule has 2 aromatic rings. The fourth-order valence-corrected chi connectivity index (χ4v) is 5.26. The van der Waals surface area contributed by atoms with E-state index in [1.807, 2.05) is 6.07 Å². The van der Waals surface area contributed by atoms with Gasteiger partial charge in [0.05, 0.1) is 5.56 Å². The molecule has 1 aliphatic carbocycles. The van der Waals surface area contributed by atoms with Gasteiger partial charge in [0.15, 0.2) is 10.9 Å². The number of nitrogens with one attached hydrogen (secondary N) is 2. The van der Waals surface area contributed by atoms with Gasteiger partial charge in [-0.2, -0.15) is 0 Å².